The standard InChI is InChI=1S/C19H16N4O2/c1-13-11-22(14-6-4-3-5-7-14)17-9-8-15(10-16(13)17)23-18(24)20-12-21(2)19(23)25/h3-12H,1-2H3. The van der Waals surface area contributed by atoms with Gasteiger partial charge >= 0.3 is 11.4 Å². The lowest BCUT2D eigenvalue weighted by Gasteiger charge is -2.08. The lowest BCUT2D eigenvalue weighted by Crippen LogP contribution is -2.38. The first-order valence-electron chi connectivity index (χ1n) is 7.88. The van der Waals surface area contributed by atoms with Crippen molar-refractivity contribution in [1.82, 2.24) is 18.7 Å². The Hall–Kier alpha value is -3.41. The van der Waals surface area contributed by atoms with Crippen molar-refractivity contribution in [1.29, 1.82) is 0 Å². The second-order valence-electron chi connectivity index (χ2n) is 5.98. The summed E-state index contributed by atoms with van der Waals surface area (Å²) in [4.78, 5) is 28.1. The van der Waals surface area contributed by atoms with Gasteiger partial charge in [-0.15, -0.1) is 0 Å². The van der Waals surface area contributed by atoms with Crippen LogP contribution in [0.5, 0.6) is 0 Å². The van der Waals surface area contributed by atoms with Crippen molar-refractivity contribution in [2.75, 3.05) is 0 Å². The molecule has 0 bridgehead atoms. The zero-order chi connectivity index (χ0) is 17.6. The molecule has 2 aromatic carbocycles. The van der Waals surface area contributed by atoms with Crippen molar-refractivity contribution in [3.05, 3.63) is 87.6 Å². The van der Waals surface area contributed by atoms with Gasteiger partial charge in [0, 0.05) is 24.3 Å². The summed E-state index contributed by atoms with van der Waals surface area (Å²) in [5.74, 6) is 0. The molecule has 0 fully saturated rings. The van der Waals surface area contributed by atoms with Gasteiger partial charge in [-0.05, 0) is 42.8 Å². The van der Waals surface area contributed by atoms with Crippen molar-refractivity contribution < 1.29 is 0 Å². The highest BCUT2D eigenvalue weighted by atomic mass is 16.2. The molecule has 124 valence electrons. The van der Waals surface area contributed by atoms with Crippen LogP contribution >= 0.6 is 0 Å². The molecule has 2 aromatic heterocycles. The highest BCUT2D eigenvalue weighted by Gasteiger charge is 2.11. The highest BCUT2D eigenvalue weighted by molar-refractivity contribution is 5.87. The highest BCUT2D eigenvalue weighted by Crippen LogP contribution is 2.26. The maximum absolute atomic E-state index is 12.3. The third-order valence-corrected chi connectivity index (χ3v) is 4.31. The lowest BCUT2D eigenvalue weighted by molar-refractivity contribution is 0.693. The van der Waals surface area contributed by atoms with Gasteiger partial charge in [0.2, 0.25) is 0 Å². The molecule has 0 aliphatic rings. The molecular formula is C19H16N4O2. The van der Waals surface area contributed by atoms with Gasteiger partial charge in [-0.1, -0.05) is 18.2 Å². The van der Waals surface area contributed by atoms with E-state index in [0.717, 1.165) is 26.7 Å². The molecule has 0 atom stereocenters. The van der Waals surface area contributed by atoms with E-state index in [-0.39, 0.29) is 0 Å². The van der Waals surface area contributed by atoms with Gasteiger partial charge in [-0.25, -0.2) is 14.2 Å². The predicted octanol–water partition coefficient (Wildman–Crippen LogP) is 2.18. The molecule has 0 saturated carbocycles. The van der Waals surface area contributed by atoms with Crippen LogP contribution in [0.4, 0.5) is 0 Å². The Morgan fingerprint density at radius 3 is 2.48 bits per heavy atom. The Bertz CT molecular complexity index is 1200. The van der Waals surface area contributed by atoms with Gasteiger partial charge in [0.05, 0.1) is 11.2 Å². The molecule has 0 amide bonds. The molecule has 6 heteroatoms. The number of hydrogen-bond acceptors (Lipinski definition) is 3. The average molecular weight is 332 g/mol. The summed E-state index contributed by atoms with van der Waals surface area (Å²) in [5.41, 5.74) is 2.65. The Balaban J connectivity index is 1.97. The van der Waals surface area contributed by atoms with Crippen LogP contribution in [0.15, 0.2) is 70.6 Å². The molecular weight excluding hydrogens is 316 g/mol. The van der Waals surface area contributed by atoms with E-state index in [1.807, 2.05) is 55.6 Å². The van der Waals surface area contributed by atoms with E-state index in [9.17, 15) is 9.59 Å². The van der Waals surface area contributed by atoms with Crippen LogP contribution in [0.3, 0.4) is 0 Å². The average Bonchev–Trinajstić information content (AvgIpc) is 2.96. The third-order valence-electron chi connectivity index (χ3n) is 4.31. The fourth-order valence-electron chi connectivity index (χ4n) is 3.03. The molecule has 4 aromatic rings. The topological polar surface area (TPSA) is 61.8 Å². The van der Waals surface area contributed by atoms with Crippen LogP contribution in [0, 0.1) is 6.92 Å². The molecule has 0 aliphatic carbocycles. The van der Waals surface area contributed by atoms with Crippen molar-refractivity contribution in [2.45, 2.75) is 6.92 Å². The van der Waals surface area contributed by atoms with Crippen molar-refractivity contribution in [2.24, 2.45) is 7.05 Å². The van der Waals surface area contributed by atoms with Gasteiger partial charge in [-0.3, -0.25) is 4.57 Å². The monoisotopic (exact) mass is 332 g/mol. The van der Waals surface area contributed by atoms with Gasteiger partial charge in [0.15, 0.2) is 0 Å². The van der Waals surface area contributed by atoms with Gasteiger partial charge in [0.25, 0.3) is 0 Å². The zero-order valence-corrected chi connectivity index (χ0v) is 13.9. The zero-order valence-electron chi connectivity index (χ0n) is 13.9. The van der Waals surface area contributed by atoms with Crippen molar-refractivity contribution in [3.8, 4) is 11.4 Å². The molecule has 0 N–H and O–H groups in total. The Kier molecular flexibility index (Phi) is 3.39. The van der Waals surface area contributed by atoms with E-state index < -0.39 is 11.4 Å². The summed E-state index contributed by atoms with van der Waals surface area (Å²) in [6.45, 7) is 2.01. The van der Waals surface area contributed by atoms with E-state index in [1.165, 1.54) is 10.9 Å². The van der Waals surface area contributed by atoms with Crippen LogP contribution in [-0.4, -0.2) is 18.7 Å². The minimum Gasteiger partial charge on any atom is -0.316 e. The minimum atomic E-state index is -0.581. The first kappa shape index (κ1) is 15.1. The predicted molar refractivity (Wildman–Crippen MR) is 96.6 cm³/mol. The molecule has 0 saturated heterocycles. The van der Waals surface area contributed by atoms with E-state index >= 15 is 0 Å². The van der Waals surface area contributed by atoms with Gasteiger partial charge in [-0.2, -0.15) is 4.98 Å². The van der Waals surface area contributed by atoms with Crippen LogP contribution in [0.2, 0.25) is 0 Å². The maximum Gasteiger partial charge on any atom is 0.357 e. The number of rotatable bonds is 2. The number of aromatic nitrogens is 4. The molecule has 0 aliphatic heterocycles. The number of para-hydroxylation sites is 1. The Labute approximate surface area is 143 Å². The number of benzene rings is 2. The van der Waals surface area contributed by atoms with Crippen molar-refractivity contribution >= 4 is 10.9 Å². The SMILES string of the molecule is Cc1cn(-c2ccccc2)c2ccc(-n3c(=O)ncn(C)c3=O)cc12. The third kappa shape index (κ3) is 2.39. The van der Waals surface area contributed by atoms with Crippen LogP contribution in [0.25, 0.3) is 22.3 Å². The normalized spacial score (nSPS) is 11.1. The van der Waals surface area contributed by atoms with Crippen LogP contribution < -0.4 is 11.4 Å². The Morgan fingerprint density at radius 2 is 1.72 bits per heavy atom. The quantitative estimate of drug-likeness (QED) is 0.565. The Morgan fingerprint density at radius 1 is 0.960 bits per heavy atom. The molecule has 0 radical (unpaired) electrons. The van der Waals surface area contributed by atoms with Gasteiger partial charge < -0.3 is 4.57 Å². The van der Waals surface area contributed by atoms with E-state index in [4.69, 9.17) is 0 Å². The number of fused-ring (bicyclic) bond motifs is 1. The summed E-state index contributed by atoms with van der Waals surface area (Å²) in [7, 11) is 1.57. The molecule has 4 rings (SSSR count). The fraction of sp³-hybridized carbons (Fsp3) is 0.105. The summed E-state index contributed by atoms with van der Waals surface area (Å²) in [5, 5.41) is 0.985. The number of aryl methyl sites for hydroxylation is 2. The molecule has 0 spiro atoms. The summed E-state index contributed by atoms with van der Waals surface area (Å²) < 4.78 is 4.46. The van der Waals surface area contributed by atoms with Gasteiger partial charge in [0.1, 0.15) is 6.33 Å². The lowest BCUT2D eigenvalue weighted by atomic mass is 10.1. The second kappa shape index (κ2) is 5.59. The van der Waals surface area contributed by atoms with Crippen LogP contribution in [-0.2, 0) is 7.05 Å². The van der Waals surface area contributed by atoms with Crippen molar-refractivity contribution in [3.63, 3.8) is 0 Å². The number of hydrogen-bond donors (Lipinski definition) is 0. The molecule has 25 heavy (non-hydrogen) atoms. The van der Waals surface area contributed by atoms with E-state index in [1.54, 1.807) is 13.1 Å². The first-order valence-corrected chi connectivity index (χ1v) is 7.88. The van der Waals surface area contributed by atoms with E-state index in [0.29, 0.717) is 5.69 Å². The largest absolute Gasteiger partial charge is 0.357 e. The van der Waals surface area contributed by atoms with E-state index in [2.05, 4.69) is 9.55 Å². The van der Waals surface area contributed by atoms with Crippen LogP contribution in [0.1, 0.15) is 5.56 Å². The number of nitrogens with zero attached hydrogens (tertiary/aromatic N) is 4. The maximum atomic E-state index is 12.3. The first-order chi connectivity index (χ1) is 12.1. The molecule has 6 nitrogen and oxygen atoms in total. The summed E-state index contributed by atoms with van der Waals surface area (Å²) >= 11 is 0. The smallest absolute Gasteiger partial charge is 0.316 e. The molecule has 2 heterocycles. The molecule has 0 unspecified atom stereocenters. The summed E-state index contributed by atoms with van der Waals surface area (Å²) in [6, 6.07) is 15.6. The second-order valence-corrected chi connectivity index (χ2v) is 5.98. The summed E-state index contributed by atoms with van der Waals surface area (Å²) in [6.07, 6.45) is 3.28. The fourth-order valence-corrected chi connectivity index (χ4v) is 3.03. The minimum absolute atomic E-state index is 0.417.